The van der Waals surface area contributed by atoms with E-state index >= 15 is 0 Å². The molecule has 7 nitrogen and oxygen atoms in total. The van der Waals surface area contributed by atoms with Crippen molar-refractivity contribution in [2.45, 2.75) is 18.2 Å². The van der Waals surface area contributed by atoms with Crippen LogP contribution >= 0.6 is 11.3 Å². The Labute approximate surface area is 189 Å². The highest BCUT2D eigenvalue weighted by atomic mass is 32.2. The summed E-state index contributed by atoms with van der Waals surface area (Å²) in [6.07, 6.45) is 2.23. The molecule has 1 fully saturated rings. The predicted octanol–water partition coefficient (Wildman–Crippen LogP) is 3.45. The predicted molar refractivity (Wildman–Crippen MR) is 120 cm³/mol. The van der Waals surface area contributed by atoms with Crippen LogP contribution in [0.3, 0.4) is 0 Å². The SMILES string of the molecule is Cc1ccc(S(=O)(=O)N2CCOCC2)cc1C(=O)Nc1ncc(Cc2ccc(F)cc2)s1. The molecule has 0 bridgehead atoms. The lowest BCUT2D eigenvalue weighted by atomic mass is 10.1. The zero-order valence-corrected chi connectivity index (χ0v) is 19.0. The van der Waals surface area contributed by atoms with Crippen molar-refractivity contribution in [1.29, 1.82) is 0 Å². The summed E-state index contributed by atoms with van der Waals surface area (Å²) in [6.45, 7) is 3.02. The van der Waals surface area contributed by atoms with E-state index < -0.39 is 15.9 Å². The minimum absolute atomic E-state index is 0.0753. The number of benzene rings is 2. The number of nitrogens with one attached hydrogen (secondary N) is 1. The molecule has 1 aromatic heterocycles. The zero-order valence-electron chi connectivity index (χ0n) is 17.4. The first kappa shape index (κ1) is 22.5. The molecular weight excluding hydrogens is 453 g/mol. The number of morpholine rings is 1. The van der Waals surface area contributed by atoms with E-state index in [1.165, 1.54) is 39.9 Å². The number of carbonyl (C=O) groups excluding carboxylic acids is 1. The van der Waals surface area contributed by atoms with Crippen molar-refractivity contribution in [3.05, 3.63) is 76.0 Å². The second kappa shape index (κ2) is 9.45. The number of aryl methyl sites for hydroxylation is 1. The van der Waals surface area contributed by atoms with Crippen LogP contribution in [0.4, 0.5) is 9.52 Å². The molecule has 2 aromatic carbocycles. The Kier molecular flexibility index (Phi) is 6.66. The molecule has 1 saturated heterocycles. The van der Waals surface area contributed by atoms with Gasteiger partial charge in [0.2, 0.25) is 10.0 Å². The van der Waals surface area contributed by atoms with Gasteiger partial charge in [-0.3, -0.25) is 10.1 Å². The highest BCUT2D eigenvalue weighted by Gasteiger charge is 2.27. The molecule has 0 spiro atoms. The number of nitrogens with zero attached hydrogens (tertiary/aromatic N) is 2. The summed E-state index contributed by atoms with van der Waals surface area (Å²) in [5.41, 5.74) is 1.87. The molecule has 0 unspecified atom stereocenters. The summed E-state index contributed by atoms with van der Waals surface area (Å²) in [7, 11) is -3.71. The molecule has 168 valence electrons. The third kappa shape index (κ3) is 5.04. The lowest BCUT2D eigenvalue weighted by molar-refractivity contribution is 0.0730. The van der Waals surface area contributed by atoms with Gasteiger partial charge in [-0.25, -0.2) is 17.8 Å². The third-order valence-electron chi connectivity index (χ3n) is 5.13. The monoisotopic (exact) mass is 475 g/mol. The molecule has 0 aliphatic carbocycles. The average Bonchev–Trinajstić information content (AvgIpc) is 3.22. The summed E-state index contributed by atoms with van der Waals surface area (Å²) in [5, 5.41) is 3.16. The maximum absolute atomic E-state index is 13.1. The lowest BCUT2D eigenvalue weighted by Crippen LogP contribution is -2.40. The molecule has 1 amide bonds. The van der Waals surface area contributed by atoms with E-state index in [4.69, 9.17) is 4.74 Å². The number of anilines is 1. The fraction of sp³-hybridized carbons (Fsp3) is 0.273. The fourth-order valence-corrected chi connectivity index (χ4v) is 5.63. The number of carbonyl (C=O) groups is 1. The average molecular weight is 476 g/mol. The number of rotatable bonds is 6. The zero-order chi connectivity index (χ0) is 22.7. The molecule has 0 saturated carbocycles. The van der Waals surface area contributed by atoms with E-state index in [1.54, 1.807) is 31.3 Å². The van der Waals surface area contributed by atoms with Crippen molar-refractivity contribution >= 4 is 32.4 Å². The van der Waals surface area contributed by atoms with Gasteiger partial charge in [-0.05, 0) is 42.3 Å². The van der Waals surface area contributed by atoms with Crippen LogP contribution in [0.1, 0.15) is 26.4 Å². The lowest BCUT2D eigenvalue weighted by Gasteiger charge is -2.26. The van der Waals surface area contributed by atoms with Crippen molar-refractivity contribution in [2.24, 2.45) is 0 Å². The van der Waals surface area contributed by atoms with Crippen LogP contribution in [0.25, 0.3) is 0 Å². The van der Waals surface area contributed by atoms with Gasteiger partial charge in [-0.2, -0.15) is 4.31 Å². The van der Waals surface area contributed by atoms with Gasteiger partial charge in [0.15, 0.2) is 5.13 Å². The number of aromatic nitrogens is 1. The third-order valence-corrected chi connectivity index (χ3v) is 7.93. The summed E-state index contributed by atoms with van der Waals surface area (Å²) in [5.74, 6) is -0.719. The Morgan fingerprint density at radius 1 is 1.19 bits per heavy atom. The van der Waals surface area contributed by atoms with E-state index in [0.29, 0.717) is 30.3 Å². The molecular formula is C22H22FN3O4S2. The van der Waals surface area contributed by atoms with Crippen molar-refractivity contribution in [2.75, 3.05) is 31.6 Å². The smallest absolute Gasteiger partial charge is 0.257 e. The second-order valence-corrected chi connectivity index (χ2v) is 10.4. The minimum atomic E-state index is -3.71. The van der Waals surface area contributed by atoms with E-state index in [1.807, 2.05) is 0 Å². The molecule has 0 atom stereocenters. The standard InChI is InChI=1S/C22H22FN3O4S2/c1-15-2-7-19(32(28,29)26-8-10-30-11-9-26)13-20(15)21(27)25-22-24-14-18(31-22)12-16-3-5-17(23)6-4-16/h2-7,13-14H,8-12H2,1H3,(H,24,25,27). The first-order valence-corrected chi connectivity index (χ1v) is 12.3. The number of amides is 1. The molecule has 1 N–H and O–H groups in total. The number of thiazole rings is 1. The molecule has 1 aliphatic rings. The van der Waals surface area contributed by atoms with Crippen LogP contribution in [0.2, 0.25) is 0 Å². The molecule has 4 rings (SSSR count). The van der Waals surface area contributed by atoms with Gasteiger partial charge < -0.3 is 4.74 Å². The molecule has 10 heteroatoms. The Morgan fingerprint density at radius 3 is 2.62 bits per heavy atom. The summed E-state index contributed by atoms with van der Waals surface area (Å²) < 4.78 is 45.5. The number of ether oxygens (including phenoxy) is 1. The van der Waals surface area contributed by atoms with Crippen LogP contribution < -0.4 is 5.32 Å². The van der Waals surface area contributed by atoms with Gasteiger partial charge >= 0.3 is 0 Å². The van der Waals surface area contributed by atoms with Gasteiger partial charge in [-0.1, -0.05) is 18.2 Å². The Hall–Kier alpha value is -2.66. The first-order valence-electron chi connectivity index (χ1n) is 10.0. The maximum Gasteiger partial charge on any atom is 0.257 e. The maximum atomic E-state index is 13.1. The Balaban J connectivity index is 1.49. The summed E-state index contributed by atoms with van der Waals surface area (Å²) >= 11 is 1.32. The van der Waals surface area contributed by atoms with Crippen molar-refractivity contribution in [1.82, 2.24) is 9.29 Å². The minimum Gasteiger partial charge on any atom is -0.379 e. The largest absolute Gasteiger partial charge is 0.379 e. The highest BCUT2D eigenvalue weighted by Crippen LogP contribution is 2.24. The summed E-state index contributed by atoms with van der Waals surface area (Å²) in [6, 6.07) is 10.8. The Morgan fingerprint density at radius 2 is 1.91 bits per heavy atom. The van der Waals surface area contributed by atoms with Crippen LogP contribution in [0.5, 0.6) is 0 Å². The van der Waals surface area contributed by atoms with E-state index in [0.717, 1.165) is 10.4 Å². The number of sulfonamides is 1. The van der Waals surface area contributed by atoms with Crippen LogP contribution in [0.15, 0.2) is 53.6 Å². The van der Waals surface area contributed by atoms with Gasteiger partial charge in [0.05, 0.1) is 18.1 Å². The summed E-state index contributed by atoms with van der Waals surface area (Å²) in [4.78, 5) is 18.1. The first-order chi connectivity index (χ1) is 15.3. The second-order valence-electron chi connectivity index (χ2n) is 7.38. The van der Waals surface area contributed by atoms with E-state index in [2.05, 4.69) is 10.3 Å². The number of hydrogen-bond donors (Lipinski definition) is 1. The van der Waals surface area contributed by atoms with Gasteiger partial charge in [0.1, 0.15) is 5.82 Å². The molecule has 0 radical (unpaired) electrons. The van der Waals surface area contributed by atoms with Crippen LogP contribution in [-0.2, 0) is 21.2 Å². The molecule has 2 heterocycles. The quantitative estimate of drug-likeness (QED) is 0.590. The van der Waals surface area contributed by atoms with Crippen molar-refractivity contribution < 1.29 is 22.3 Å². The van der Waals surface area contributed by atoms with Crippen LogP contribution in [0, 0.1) is 12.7 Å². The molecule has 3 aromatic rings. The number of halogens is 1. The van der Waals surface area contributed by atoms with Gasteiger partial charge in [-0.15, -0.1) is 11.3 Å². The normalized spacial score (nSPS) is 14.9. The topological polar surface area (TPSA) is 88.6 Å². The Bertz CT molecular complexity index is 1220. The van der Waals surface area contributed by atoms with E-state index in [-0.39, 0.29) is 29.4 Å². The fourth-order valence-electron chi connectivity index (χ4n) is 3.36. The van der Waals surface area contributed by atoms with Gasteiger partial charge in [0.25, 0.3) is 5.91 Å². The van der Waals surface area contributed by atoms with Crippen molar-refractivity contribution in [3.63, 3.8) is 0 Å². The molecule has 32 heavy (non-hydrogen) atoms. The van der Waals surface area contributed by atoms with Crippen LogP contribution in [-0.4, -0.2) is 49.9 Å². The highest BCUT2D eigenvalue weighted by molar-refractivity contribution is 7.89. The van der Waals surface area contributed by atoms with Crippen molar-refractivity contribution in [3.8, 4) is 0 Å². The number of hydrogen-bond acceptors (Lipinski definition) is 6. The molecule has 1 aliphatic heterocycles. The van der Waals surface area contributed by atoms with E-state index in [9.17, 15) is 17.6 Å². The van der Waals surface area contributed by atoms with Gasteiger partial charge in [0, 0.05) is 36.1 Å².